The van der Waals surface area contributed by atoms with Crippen LogP contribution in [0.3, 0.4) is 0 Å². The third kappa shape index (κ3) is 5.79. The maximum atomic E-state index is 14.1. The van der Waals surface area contributed by atoms with Crippen molar-refractivity contribution in [2.24, 2.45) is 0 Å². The number of hydrogen-bond acceptors (Lipinski definition) is 7. The van der Waals surface area contributed by atoms with Gasteiger partial charge in [-0.15, -0.1) is 0 Å². The average molecular weight is 566 g/mol. The molecule has 1 atom stereocenters. The normalized spacial score (nSPS) is 18.1. The lowest BCUT2D eigenvalue weighted by molar-refractivity contribution is -0.0592. The molecule has 2 aromatic carbocycles. The molecule has 208 valence electrons. The molecule has 40 heavy (non-hydrogen) atoms. The summed E-state index contributed by atoms with van der Waals surface area (Å²) < 4.78 is 27.6. The summed E-state index contributed by atoms with van der Waals surface area (Å²) in [6.45, 7) is 3.84. The molecule has 0 unspecified atom stereocenters. The van der Waals surface area contributed by atoms with E-state index in [1.165, 1.54) is 6.07 Å². The van der Waals surface area contributed by atoms with Gasteiger partial charge < -0.3 is 19.1 Å². The number of halogens is 2. The highest BCUT2D eigenvalue weighted by Gasteiger charge is 2.26. The van der Waals surface area contributed by atoms with Crippen LogP contribution in [0, 0.1) is 5.82 Å². The van der Waals surface area contributed by atoms with E-state index < -0.39 is 11.8 Å². The van der Waals surface area contributed by atoms with E-state index in [0.29, 0.717) is 29.6 Å². The first-order valence-corrected chi connectivity index (χ1v) is 13.8. The maximum Gasteiger partial charge on any atom is 0.335 e. The van der Waals surface area contributed by atoms with Crippen LogP contribution in [0.4, 0.5) is 4.39 Å². The molecule has 2 saturated heterocycles. The van der Waals surface area contributed by atoms with Gasteiger partial charge >= 0.3 is 5.97 Å². The van der Waals surface area contributed by atoms with Gasteiger partial charge in [0.05, 0.1) is 47.7 Å². The number of aromatic carboxylic acids is 1. The Morgan fingerprint density at radius 2 is 1.95 bits per heavy atom. The summed E-state index contributed by atoms with van der Waals surface area (Å²) in [4.78, 5) is 27.8. The van der Waals surface area contributed by atoms with Gasteiger partial charge in [-0.3, -0.25) is 9.88 Å². The Labute approximate surface area is 235 Å². The topological polar surface area (TPSA) is 103 Å². The van der Waals surface area contributed by atoms with Gasteiger partial charge in [0.25, 0.3) is 0 Å². The Morgan fingerprint density at radius 3 is 2.67 bits per heavy atom. The Kier molecular flexibility index (Phi) is 7.64. The molecule has 2 aliphatic heterocycles. The van der Waals surface area contributed by atoms with E-state index in [0.717, 1.165) is 61.5 Å². The van der Waals surface area contributed by atoms with Crippen LogP contribution in [0.25, 0.3) is 11.0 Å². The first kappa shape index (κ1) is 26.6. The third-order valence-corrected chi connectivity index (χ3v) is 7.88. The van der Waals surface area contributed by atoms with Crippen LogP contribution in [0.15, 0.2) is 48.8 Å². The Balaban J connectivity index is 1.11. The predicted molar refractivity (Wildman–Crippen MR) is 146 cm³/mol. The van der Waals surface area contributed by atoms with Crippen molar-refractivity contribution in [3.8, 4) is 5.88 Å². The van der Waals surface area contributed by atoms with E-state index in [-0.39, 0.29) is 24.2 Å². The number of nitrogens with zero attached hydrogens (tertiary/aromatic N) is 5. The molecule has 0 aliphatic carbocycles. The van der Waals surface area contributed by atoms with Crippen molar-refractivity contribution < 1.29 is 23.8 Å². The number of fused-ring (bicyclic) bond motifs is 1. The van der Waals surface area contributed by atoms with Gasteiger partial charge in [-0.1, -0.05) is 17.7 Å². The number of carboxylic acid groups (broad SMARTS) is 1. The van der Waals surface area contributed by atoms with Gasteiger partial charge in [0.1, 0.15) is 18.2 Å². The van der Waals surface area contributed by atoms with Crippen LogP contribution in [-0.4, -0.2) is 61.3 Å². The molecule has 2 aromatic heterocycles. The zero-order valence-electron chi connectivity index (χ0n) is 21.8. The number of ether oxygens (including phenoxy) is 2. The van der Waals surface area contributed by atoms with E-state index in [2.05, 4.69) is 19.4 Å². The van der Waals surface area contributed by atoms with Crippen LogP contribution < -0.4 is 4.74 Å². The van der Waals surface area contributed by atoms with E-state index in [1.54, 1.807) is 42.7 Å². The van der Waals surface area contributed by atoms with Crippen molar-refractivity contribution in [1.29, 1.82) is 0 Å². The Morgan fingerprint density at radius 1 is 1.12 bits per heavy atom. The van der Waals surface area contributed by atoms with Crippen molar-refractivity contribution in [3.63, 3.8) is 0 Å². The molecule has 4 aromatic rings. The highest BCUT2D eigenvalue weighted by atomic mass is 35.5. The molecule has 4 heterocycles. The fourth-order valence-corrected chi connectivity index (χ4v) is 5.43. The van der Waals surface area contributed by atoms with Gasteiger partial charge in [0.2, 0.25) is 5.88 Å². The van der Waals surface area contributed by atoms with Gasteiger partial charge in [-0.2, -0.15) is 0 Å². The lowest BCUT2D eigenvalue weighted by Gasteiger charge is -2.32. The van der Waals surface area contributed by atoms with Crippen LogP contribution in [-0.2, 0) is 24.4 Å². The van der Waals surface area contributed by atoms with Crippen molar-refractivity contribution in [2.75, 3.05) is 19.7 Å². The number of rotatable bonds is 9. The van der Waals surface area contributed by atoms with E-state index >= 15 is 0 Å². The van der Waals surface area contributed by atoms with Crippen molar-refractivity contribution in [3.05, 3.63) is 82.3 Å². The standard InChI is InChI=1S/C29H29ClFN5O4/c30-21-3-1-20(23(31)12-21)17-40-28-14-32-13-25(34-28)18-5-8-35(9-6-18)16-27-33-24-4-2-19(29(37)38)11-26(24)36(27)15-22-7-10-39-22/h1-4,11-14,18,22H,5-10,15-17H2,(H,37,38)/t22-/m0/s1. The zero-order valence-corrected chi connectivity index (χ0v) is 22.6. The molecule has 0 radical (unpaired) electrons. The quantitative estimate of drug-likeness (QED) is 0.300. The maximum absolute atomic E-state index is 14.1. The number of aromatic nitrogens is 4. The number of benzene rings is 2. The molecule has 1 N–H and O–H groups in total. The van der Waals surface area contributed by atoms with Crippen molar-refractivity contribution in [1.82, 2.24) is 24.4 Å². The van der Waals surface area contributed by atoms with Crippen molar-refractivity contribution >= 4 is 28.6 Å². The average Bonchev–Trinajstić information content (AvgIpc) is 3.26. The van der Waals surface area contributed by atoms with Crippen LogP contribution in [0.5, 0.6) is 5.88 Å². The lowest BCUT2D eigenvalue weighted by atomic mass is 9.94. The highest BCUT2D eigenvalue weighted by molar-refractivity contribution is 6.30. The first-order chi connectivity index (χ1) is 19.4. The van der Waals surface area contributed by atoms with Crippen LogP contribution >= 0.6 is 11.6 Å². The number of piperidine rings is 1. The monoisotopic (exact) mass is 565 g/mol. The summed E-state index contributed by atoms with van der Waals surface area (Å²) in [7, 11) is 0. The fraction of sp³-hybridized carbons (Fsp3) is 0.379. The number of imidazole rings is 1. The lowest BCUT2D eigenvalue weighted by Crippen LogP contribution is -2.35. The molecule has 2 fully saturated rings. The molecule has 6 rings (SSSR count). The number of carbonyl (C=O) groups is 1. The van der Waals surface area contributed by atoms with Gasteiger partial charge in [0, 0.05) is 29.3 Å². The van der Waals surface area contributed by atoms with Crippen molar-refractivity contribution in [2.45, 2.75) is 51.0 Å². The largest absolute Gasteiger partial charge is 0.478 e. The highest BCUT2D eigenvalue weighted by Crippen LogP contribution is 2.29. The summed E-state index contributed by atoms with van der Waals surface area (Å²) in [5.41, 5.74) is 3.13. The minimum Gasteiger partial charge on any atom is -0.478 e. The molecule has 0 saturated carbocycles. The molecule has 0 spiro atoms. The molecular weight excluding hydrogens is 537 g/mol. The molecule has 11 heteroatoms. The minimum absolute atomic E-state index is 0.0421. The summed E-state index contributed by atoms with van der Waals surface area (Å²) in [6, 6.07) is 9.57. The summed E-state index contributed by atoms with van der Waals surface area (Å²) >= 11 is 5.83. The van der Waals surface area contributed by atoms with E-state index in [4.69, 9.17) is 26.1 Å². The number of carboxylic acids is 1. The first-order valence-electron chi connectivity index (χ1n) is 13.4. The molecular formula is C29H29ClFN5O4. The third-order valence-electron chi connectivity index (χ3n) is 7.65. The second kappa shape index (κ2) is 11.5. The van der Waals surface area contributed by atoms with Gasteiger partial charge in [-0.25, -0.2) is 19.2 Å². The second-order valence-corrected chi connectivity index (χ2v) is 10.7. The summed E-state index contributed by atoms with van der Waals surface area (Å²) in [5, 5.41) is 9.82. The Hall–Kier alpha value is -3.60. The minimum atomic E-state index is -0.951. The van der Waals surface area contributed by atoms with E-state index in [1.807, 2.05) is 0 Å². The number of likely N-dealkylation sites (tertiary alicyclic amines) is 1. The van der Waals surface area contributed by atoms with Crippen LogP contribution in [0.1, 0.15) is 52.6 Å². The second-order valence-electron chi connectivity index (χ2n) is 10.3. The SMILES string of the molecule is O=C(O)c1ccc2nc(CN3CCC(c4cncc(OCc5ccc(Cl)cc5F)n4)CC3)n(C[C@@H]3CCO3)c2c1. The fourth-order valence-electron chi connectivity index (χ4n) is 5.27. The molecule has 2 aliphatic rings. The summed E-state index contributed by atoms with van der Waals surface area (Å²) in [5.74, 6) is 0.144. The Bertz CT molecular complexity index is 1530. The molecule has 0 amide bonds. The van der Waals surface area contributed by atoms with E-state index in [9.17, 15) is 14.3 Å². The zero-order chi connectivity index (χ0) is 27.6. The summed E-state index contributed by atoms with van der Waals surface area (Å²) in [6.07, 6.45) is 6.23. The molecule has 9 nitrogen and oxygen atoms in total. The predicted octanol–water partition coefficient (Wildman–Crippen LogP) is 5.06. The van der Waals surface area contributed by atoms with Gasteiger partial charge in [-0.05, 0) is 62.7 Å². The smallest absolute Gasteiger partial charge is 0.335 e. The van der Waals surface area contributed by atoms with Gasteiger partial charge in [0.15, 0.2) is 0 Å². The number of hydrogen-bond donors (Lipinski definition) is 1. The molecule has 0 bridgehead atoms. The van der Waals surface area contributed by atoms with Crippen LogP contribution in [0.2, 0.25) is 5.02 Å².